The second-order valence-electron chi connectivity index (χ2n) is 4.30. The minimum atomic E-state index is 0.0887. The van der Waals surface area contributed by atoms with E-state index >= 15 is 0 Å². The van der Waals surface area contributed by atoms with E-state index in [0.717, 1.165) is 16.7 Å². The number of nitrogens with two attached hydrogens (primary N) is 1. The van der Waals surface area contributed by atoms with Gasteiger partial charge in [-0.1, -0.05) is 18.2 Å². The van der Waals surface area contributed by atoms with E-state index < -0.39 is 0 Å². The highest BCUT2D eigenvalue weighted by molar-refractivity contribution is 5.40. The molecule has 0 spiro atoms. The minimum absolute atomic E-state index is 0.0887. The third kappa shape index (κ3) is 3.10. The summed E-state index contributed by atoms with van der Waals surface area (Å²) < 4.78 is 5.86. The summed E-state index contributed by atoms with van der Waals surface area (Å²) in [6.07, 6.45) is 2.26. The number of hydrogen-bond acceptors (Lipinski definition) is 4. The number of benzene rings is 1. The van der Waals surface area contributed by atoms with Crippen LogP contribution < -0.4 is 10.5 Å². The molecule has 0 atom stereocenters. The Balaban J connectivity index is 2.33. The van der Waals surface area contributed by atoms with Crippen LogP contribution in [-0.4, -0.2) is 16.7 Å². The average Bonchev–Trinajstić information content (AvgIpc) is 2.41. The molecule has 0 radical (unpaired) electrons. The molecule has 1 aromatic heterocycles. The number of nitrogens with zero attached hydrogens (tertiary/aromatic N) is 1. The third-order valence-corrected chi connectivity index (χ3v) is 3.01. The van der Waals surface area contributed by atoms with Crippen molar-refractivity contribution >= 4 is 0 Å². The highest BCUT2D eigenvalue weighted by Gasteiger charge is 2.10. The van der Waals surface area contributed by atoms with E-state index in [1.807, 2.05) is 37.3 Å². The van der Waals surface area contributed by atoms with Crippen molar-refractivity contribution in [3.05, 3.63) is 53.2 Å². The van der Waals surface area contributed by atoms with Crippen molar-refractivity contribution in [3.63, 3.8) is 0 Å². The molecule has 1 aromatic carbocycles. The van der Waals surface area contributed by atoms with Crippen LogP contribution in [-0.2, 0) is 13.0 Å². The topological polar surface area (TPSA) is 68.4 Å². The van der Waals surface area contributed by atoms with E-state index in [1.54, 1.807) is 6.20 Å². The lowest BCUT2D eigenvalue weighted by molar-refractivity contribution is 0.297. The molecule has 0 aliphatic rings. The maximum atomic E-state index is 9.06. The minimum Gasteiger partial charge on any atom is -0.438 e. The Kier molecular flexibility index (Phi) is 4.49. The molecule has 19 heavy (non-hydrogen) atoms. The number of aryl methyl sites for hydroxylation is 1. The molecule has 2 aromatic rings. The van der Waals surface area contributed by atoms with Crippen LogP contribution in [0.1, 0.15) is 16.7 Å². The molecule has 0 fully saturated rings. The molecule has 4 nitrogen and oxygen atoms in total. The molecule has 0 bridgehead atoms. The molecule has 0 unspecified atom stereocenters. The molecular weight excluding hydrogens is 240 g/mol. The van der Waals surface area contributed by atoms with Crippen molar-refractivity contribution in [3.8, 4) is 11.6 Å². The first-order chi connectivity index (χ1) is 9.26. The zero-order chi connectivity index (χ0) is 13.7. The predicted octanol–water partition coefficient (Wildman–Crippen LogP) is 2.18. The third-order valence-electron chi connectivity index (χ3n) is 3.01. The number of pyridine rings is 1. The quantitative estimate of drug-likeness (QED) is 0.862. The number of aliphatic hydroxyl groups is 1. The second kappa shape index (κ2) is 6.31. The van der Waals surface area contributed by atoms with Crippen LogP contribution in [0, 0.1) is 6.92 Å². The van der Waals surface area contributed by atoms with Gasteiger partial charge < -0.3 is 15.6 Å². The Morgan fingerprint density at radius 3 is 2.79 bits per heavy atom. The lowest BCUT2D eigenvalue weighted by Gasteiger charge is -2.13. The van der Waals surface area contributed by atoms with Gasteiger partial charge in [-0.15, -0.1) is 0 Å². The predicted molar refractivity (Wildman–Crippen MR) is 74.2 cm³/mol. The van der Waals surface area contributed by atoms with Gasteiger partial charge >= 0.3 is 0 Å². The molecule has 1 heterocycles. The highest BCUT2D eigenvalue weighted by atomic mass is 16.5. The highest BCUT2D eigenvalue weighted by Crippen LogP contribution is 2.27. The first-order valence-corrected chi connectivity index (χ1v) is 6.27. The number of para-hydroxylation sites is 1. The summed E-state index contributed by atoms with van der Waals surface area (Å²) in [5, 5.41) is 9.06. The van der Waals surface area contributed by atoms with E-state index in [9.17, 15) is 0 Å². The number of rotatable bonds is 5. The lowest BCUT2D eigenvalue weighted by atomic mass is 10.1. The van der Waals surface area contributed by atoms with E-state index in [2.05, 4.69) is 4.98 Å². The normalized spacial score (nSPS) is 10.5. The lowest BCUT2D eigenvalue weighted by Crippen LogP contribution is -2.04. The van der Waals surface area contributed by atoms with Crippen LogP contribution in [0.25, 0.3) is 0 Å². The monoisotopic (exact) mass is 258 g/mol. The maximum Gasteiger partial charge on any atom is 0.223 e. The smallest absolute Gasteiger partial charge is 0.223 e. The van der Waals surface area contributed by atoms with Gasteiger partial charge in [0.25, 0.3) is 0 Å². The van der Waals surface area contributed by atoms with Crippen LogP contribution in [0.15, 0.2) is 36.5 Å². The number of hydrogen-bond donors (Lipinski definition) is 2. The molecule has 4 heteroatoms. The van der Waals surface area contributed by atoms with E-state index in [1.165, 1.54) is 0 Å². The first-order valence-electron chi connectivity index (χ1n) is 6.27. The average molecular weight is 258 g/mol. The SMILES string of the molecule is Cc1ccnc(Oc2ccccc2CCO)c1CN. The zero-order valence-electron chi connectivity index (χ0n) is 11.0. The van der Waals surface area contributed by atoms with Gasteiger partial charge in [-0.05, 0) is 36.6 Å². The Labute approximate surface area is 112 Å². The van der Waals surface area contributed by atoms with Crippen molar-refractivity contribution in [1.29, 1.82) is 0 Å². The van der Waals surface area contributed by atoms with Crippen LogP contribution in [0.4, 0.5) is 0 Å². The van der Waals surface area contributed by atoms with E-state index in [-0.39, 0.29) is 6.61 Å². The Morgan fingerprint density at radius 2 is 2.05 bits per heavy atom. The number of aliphatic hydroxyl groups excluding tert-OH is 1. The molecule has 0 saturated heterocycles. The van der Waals surface area contributed by atoms with Gasteiger partial charge in [-0.25, -0.2) is 4.98 Å². The van der Waals surface area contributed by atoms with Crippen molar-refractivity contribution in [2.75, 3.05) is 6.61 Å². The van der Waals surface area contributed by atoms with Gasteiger partial charge in [0, 0.05) is 24.9 Å². The summed E-state index contributed by atoms with van der Waals surface area (Å²) in [5.41, 5.74) is 8.66. The van der Waals surface area contributed by atoms with Gasteiger partial charge in [-0.2, -0.15) is 0 Å². The van der Waals surface area contributed by atoms with Crippen molar-refractivity contribution in [2.45, 2.75) is 19.9 Å². The molecule has 2 rings (SSSR count). The van der Waals surface area contributed by atoms with Crippen LogP contribution in [0.5, 0.6) is 11.6 Å². The fourth-order valence-corrected chi connectivity index (χ4v) is 1.93. The number of ether oxygens (including phenoxy) is 1. The van der Waals surface area contributed by atoms with E-state index in [0.29, 0.717) is 24.6 Å². The van der Waals surface area contributed by atoms with Crippen molar-refractivity contribution in [1.82, 2.24) is 4.98 Å². The summed E-state index contributed by atoms with van der Waals surface area (Å²) in [6, 6.07) is 9.53. The molecule has 3 N–H and O–H groups in total. The Morgan fingerprint density at radius 1 is 1.26 bits per heavy atom. The Bertz CT molecular complexity index is 556. The second-order valence-corrected chi connectivity index (χ2v) is 4.30. The molecule has 0 aliphatic carbocycles. The summed E-state index contributed by atoms with van der Waals surface area (Å²) >= 11 is 0. The summed E-state index contributed by atoms with van der Waals surface area (Å²) in [7, 11) is 0. The molecule has 100 valence electrons. The number of aromatic nitrogens is 1. The maximum absolute atomic E-state index is 9.06. The van der Waals surface area contributed by atoms with Gasteiger partial charge in [0.15, 0.2) is 0 Å². The zero-order valence-corrected chi connectivity index (χ0v) is 11.0. The van der Waals surface area contributed by atoms with Crippen molar-refractivity contribution in [2.24, 2.45) is 5.73 Å². The summed E-state index contributed by atoms with van der Waals surface area (Å²) in [4.78, 5) is 4.24. The van der Waals surface area contributed by atoms with Crippen LogP contribution >= 0.6 is 0 Å². The molecule has 0 amide bonds. The van der Waals surface area contributed by atoms with Crippen LogP contribution in [0.2, 0.25) is 0 Å². The van der Waals surface area contributed by atoms with Crippen molar-refractivity contribution < 1.29 is 9.84 Å². The first kappa shape index (κ1) is 13.5. The van der Waals surface area contributed by atoms with Gasteiger partial charge in [0.2, 0.25) is 5.88 Å². The van der Waals surface area contributed by atoms with Gasteiger partial charge in [0.1, 0.15) is 5.75 Å². The molecule has 0 saturated carbocycles. The fourth-order valence-electron chi connectivity index (χ4n) is 1.93. The Hall–Kier alpha value is -1.91. The van der Waals surface area contributed by atoms with Gasteiger partial charge in [-0.3, -0.25) is 0 Å². The van der Waals surface area contributed by atoms with Gasteiger partial charge in [0.05, 0.1) is 0 Å². The standard InChI is InChI=1S/C15H18N2O2/c1-11-6-8-17-15(13(11)10-16)19-14-5-3-2-4-12(14)7-9-18/h2-6,8,18H,7,9-10,16H2,1H3. The molecule has 0 aliphatic heterocycles. The summed E-state index contributed by atoms with van der Waals surface area (Å²) in [5.74, 6) is 1.25. The van der Waals surface area contributed by atoms with E-state index in [4.69, 9.17) is 15.6 Å². The van der Waals surface area contributed by atoms with Crippen LogP contribution in [0.3, 0.4) is 0 Å². The summed E-state index contributed by atoms with van der Waals surface area (Å²) in [6.45, 7) is 2.46. The molecular formula is C15H18N2O2. The fraction of sp³-hybridized carbons (Fsp3) is 0.267. The largest absolute Gasteiger partial charge is 0.438 e.